The summed E-state index contributed by atoms with van der Waals surface area (Å²) in [5.74, 6) is 0.0598. The van der Waals surface area contributed by atoms with Crippen molar-refractivity contribution in [1.29, 1.82) is 0 Å². The highest BCUT2D eigenvalue weighted by Gasteiger charge is 2.19. The van der Waals surface area contributed by atoms with Gasteiger partial charge >= 0.3 is 0 Å². The lowest BCUT2D eigenvalue weighted by Gasteiger charge is -2.27. The highest BCUT2D eigenvalue weighted by atomic mass is 32.1. The highest BCUT2D eigenvalue weighted by molar-refractivity contribution is 7.13. The van der Waals surface area contributed by atoms with E-state index < -0.39 is 0 Å². The molecule has 1 aromatic rings. The molecule has 0 aliphatic carbocycles. The molecule has 1 aliphatic heterocycles. The molecule has 0 spiro atoms. The number of carbonyl (C=O) groups excluding carboxylic acids is 1. The van der Waals surface area contributed by atoms with E-state index in [4.69, 9.17) is 0 Å². The number of rotatable bonds is 2. The van der Waals surface area contributed by atoms with E-state index >= 15 is 0 Å². The molecule has 0 unspecified atom stereocenters. The fourth-order valence-corrected chi connectivity index (χ4v) is 1.97. The van der Waals surface area contributed by atoms with Gasteiger partial charge in [-0.25, -0.2) is 0 Å². The molecule has 1 aromatic heterocycles. The Morgan fingerprint density at radius 1 is 1.62 bits per heavy atom. The van der Waals surface area contributed by atoms with Gasteiger partial charge in [-0.2, -0.15) is 0 Å². The molecule has 1 amide bonds. The molecule has 0 bridgehead atoms. The maximum Gasteiger partial charge on any atom is 0.261 e. The molecule has 0 radical (unpaired) electrons. The number of hydrogen-bond donors (Lipinski definition) is 2. The quantitative estimate of drug-likeness (QED) is 0.733. The predicted octanol–water partition coefficient (Wildman–Crippen LogP) is 0.758. The van der Waals surface area contributed by atoms with Gasteiger partial charge in [0, 0.05) is 18.0 Å². The van der Waals surface area contributed by atoms with Gasteiger partial charge in [-0.1, -0.05) is 0 Å². The second-order valence-electron chi connectivity index (χ2n) is 3.24. The van der Waals surface area contributed by atoms with E-state index in [9.17, 15) is 4.79 Å². The first-order valence-corrected chi connectivity index (χ1v) is 5.15. The minimum absolute atomic E-state index is 0.0598. The lowest BCUT2D eigenvalue weighted by molar-refractivity contribution is 0.0928. The van der Waals surface area contributed by atoms with Crippen LogP contribution < -0.4 is 10.6 Å². The monoisotopic (exact) mass is 196 g/mol. The zero-order chi connectivity index (χ0) is 9.26. The van der Waals surface area contributed by atoms with Crippen molar-refractivity contribution in [2.45, 2.75) is 13.0 Å². The fraction of sp³-hybridized carbons (Fsp3) is 0.444. The van der Waals surface area contributed by atoms with Gasteiger partial charge in [-0.05, 0) is 19.1 Å². The molecule has 13 heavy (non-hydrogen) atoms. The van der Waals surface area contributed by atoms with Crippen LogP contribution in [-0.2, 0) is 0 Å². The largest absolute Gasteiger partial charge is 0.346 e. The van der Waals surface area contributed by atoms with E-state index in [-0.39, 0.29) is 5.91 Å². The first-order chi connectivity index (χ1) is 6.25. The van der Waals surface area contributed by atoms with Gasteiger partial charge in [-0.3, -0.25) is 4.79 Å². The average molecular weight is 196 g/mol. The smallest absolute Gasteiger partial charge is 0.261 e. The molecular weight excluding hydrogens is 184 g/mol. The molecule has 3 nitrogen and oxygen atoms in total. The van der Waals surface area contributed by atoms with Crippen molar-refractivity contribution in [3.63, 3.8) is 0 Å². The number of nitrogens with one attached hydrogen (secondary N) is 2. The lowest BCUT2D eigenvalue weighted by Crippen LogP contribution is -2.56. The second kappa shape index (κ2) is 3.47. The van der Waals surface area contributed by atoms with Gasteiger partial charge in [0.25, 0.3) is 5.91 Å². The van der Waals surface area contributed by atoms with Crippen LogP contribution in [0, 0.1) is 6.92 Å². The van der Waals surface area contributed by atoms with Crippen LogP contribution in [0.1, 0.15) is 14.5 Å². The number of amides is 1. The van der Waals surface area contributed by atoms with Gasteiger partial charge in [0.1, 0.15) is 0 Å². The summed E-state index contributed by atoms with van der Waals surface area (Å²) in [4.78, 5) is 13.5. The maximum atomic E-state index is 11.5. The number of thiophene rings is 1. The fourth-order valence-electron chi connectivity index (χ4n) is 1.20. The Morgan fingerprint density at radius 2 is 2.38 bits per heavy atom. The van der Waals surface area contributed by atoms with E-state index in [0.717, 1.165) is 18.0 Å². The molecule has 4 heteroatoms. The topological polar surface area (TPSA) is 41.1 Å². The third kappa shape index (κ3) is 1.89. The summed E-state index contributed by atoms with van der Waals surface area (Å²) < 4.78 is 0. The van der Waals surface area contributed by atoms with Crippen LogP contribution in [0.15, 0.2) is 12.1 Å². The predicted molar refractivity (Wildman–Crippen MR) is 53.2 cm³/mol. The van der Waals surface area contributed by atoms with Crippen molar-refractivity contribution >= 4 is 17.2 Å². The third-order valence-corrected chi connectivity index (χ3v) is 3.08. The standard InChI is InChI=1S/C9H12N2OS/c1-6-2-3-8(13-6)9(12)11-7-4-10-5-7/h2-3,7,10H,4-5H2,1H3,(H,11,12). The first-order valence-electron chi connectivity index (χ1n) is 4.34. The summed E-state index contributed by atoms with van der Waals surface area (Å²) >= 11 is 1.54. The lowest BCUT2D eigenvalue weighted by atomic mass is 10.2. The molecule has 0 aromatic carbocycles. The van der Waals surface area contributed by atoms with Crippen molar-refractivity contribution in [1.82, 2.24) is 10.6 Å². The highest BCUT2D eigenvalue weighted by Crippen LogP contribution is 2.14. The number of carbonyl (C=O) groups is 1. The van der Waals surface area contributed by atoms with Crippen LogP contribution in [0.4, 0.5) is 0 Å². The normalized spacial score (nSPS) is 16.7. The average Bonchev–Trinajstić information content (AvgIpc) is 2.44. The van der Waals surface area contributed by atoms with Crippen LogP contribution >= 0.6 is 11.3 Å². The van der Waals surface area contributed by atoms with E-state index in [0.29, 0.717) is 6.04 Å². The Balaban J connectivity index is 1.96. The maximum absolute atomic E-state index is 11.5. The van der Waals surface area contributed by atoms with E-state index in [1.54, 1.807) is 0 Å². The molecule has 70 valence electrons. The van der Waals surface area contributed by atoms with Crippen molar-refractivity contribution in [2.24, 2.45) is 0 Å². The summed E-state index contributed by atoms with van der Waals surface area (Å²) in [6.45, 7) is 3.80. The minimum atomic E-state index is 0.0598. The van der Waals surface area contributed by atoms with Crippen LogP contribution in [0.5, 0.6) is 0 Å². The van der Waals surface area contributed by atoms with Crippen molar-refractivity contribution in [3.05, 3.63) is 21.9 Å². The Morgan fingerprint density at radius 3 is 2.85 bits per heavy atom. The van der Waals surface area contributed by atoms with Crippen LogP contribution in [0.25, 0.3) is 0 Å². The van der Waals surface area contributed by atoms with Crippen molar-refractivity contribution < 1.29 is 4.79 Å². The SMILES string of the molecule is Cc1ccc(C(=O)NC2CNC2)s1. The van der Waals surface area contributed by atoms with Gasteiger partial charge in [0.2, 0.25) is 0 Å². The van der Waals surface area contributed by atoms with E-state index in [2.05, 4.69) is 10.6 Å². The molecule has 2 N–H and O–H groups in total. The van der Waals surface area contributed by atoms with Crippen LogP contribution in [0.3, 0.4) is 0 Å². The molecule has 0 saturated carbocycles. The molecule has 1 aliphatic rings. The summed E-state index contributed by atoms with van der Waals surface area (Å²) in [6, 6.07) is 4.18. The summed E-state index contributed by atoms with van der Waals surface area (Å²) in [6.07, 6.45) is 0. The van der Waals surface area contributed by atoms with Gasteiger partial charge < -0.3 is 10.6 Å². The summed E-state index contributed by atoms with van der Waals surface area (Å²) in [5, 5.41) is 6.07. The molecule has 2 heterocycles. The van der Waals surface area contributed by atoms with E-state index in [1.807, 2.05) is 19.1 Å². The Bertz CT molecular complexity index is 317. The zero-order valence-corrected chi connectivity index (χ0v) is 8.28. The van der Waals surface area contributed by atoms with Gasteiger partial charge in [0.05, 0.1) is 10.9 Å². The van der Waals surface area contributed by atoms with Gasteiger partial charge in [-0.15, -0.1) is 11.3 Å². The Labute approximate surface area is 81.2 Å². The van der Waals surface area contributed by atoms with Crippen molar-refractivity contribution in [2.75, 3.05) is 13.1 Å². The molecular formula is C9H12N2OS. The van der Waals surface area contributed by atoms with Crippen molar-refractivity contribution in [3.8, 4) is 0 Å². The molecule has 0 atom stereocenters. The van der Waals surface area contributed by atoms with Gasteiger partial charge in [0.15, 0.2) is 0 Å². The summed E-state index contributed by atoms with van der Waals surface area (Å²) in [5.41, 5.74) is 0. The van der Waals surface area contributed by atoms with E-state index in [1.165, 1.54) is 16.2 Å². The van der Waals surface area contributed by atoms with Crippen LogP contribution in [-0.4, -0.2) is 25.0 Å². The molecule has 1 fully saturated rings. The number of hydrogen-bond acceptors (Lipinski definition) is 3. The first kappa shape index (κ1) is 8.72. The third-order valence-electron chi connectivity index (χ3n) is 2.08. The molecule has 1 saturated heterocycles. The second-order valence-corrected chi connectivity index (χ2v) is 4.53. The number of aryl methyl sites for hydroxylation is 1. The Kier molecular flexibility index (Phi) is 2.33. The zero-order valence-electron chi connectivity index (χ0n) is 7.46. The van der Waals surface area contributed by atoms with Crippen LogP contribution in [0.2, 0.25) is 0 Å². The minimum Gasteiger partial charge on any atom is -0.346 e. The molecule has 2 rings (SSSR count). The Hall–Kier alpha value is -0.870. The summed E-state index contributed by atoms with van der Waals surface area (Å²) in [7, 11) is 0.